The molecule has 0 aliphatic carbocycles. The van der Waals surface area contributed by atoms with Crippen LogP contribution in [0.4, 0.5) is 0 Å². The van der Waals surface area contributed by atoms with Crippen LogP contribution in [0.2, 0.25) is 0 Å². The molecule has 0 atom stereocenters. The van der Waals surface area contributed by atoms with E-state index in [2.05, 4.69) is 11.6 Å². The van der Waals surface area contributed by atoms with Gasteiger partial charge in [0.05, 0.1) is 5.75 Å². The second-order valence-corrected chi connectivity index (χ2v) is 7.62. The fraction of sp³-hybridized carbons (Fsp3) is 1.00. The minimum atomic E-state index is -2.97. The Hall–Kier alpha value is 0.220. The average Bonchev–Trinajstić information content (AvgIpc) is 2.35. The largest absolute Gasteiger partial charge is 0.314 e. The minimum absolute atomic E-state index is 0.221. The zero-order chi connectivity index (χ0) is 12.7. The van der Waals surface area contributed by atoms with Crippen molar-refractivity contribution < 1.29 is 8.42 Å². The van der Waals surface area contributed by atoms with Crippen LogP contribution < -0.4 is 5.32 Å². The Labute approximate surface area is 110 Å². The van der Waals surface area contributed by atoms with E-state index in [9.17, 15) is 8.42 Å². The van der Waals surface area contributed by atoms with Crippen molar-refractivity contribution in [2.24, 2.45) is 0 Å². The molecule has 1 rings (SSSR count). The van der Waals surface area contributed by atoms with Crippen LogP contribution in [0.15, 0.2) is 0 Å². The Morgan fingerprint density at radius 2 is 2.00 bits per heavy atom. The monoisotopic (exact) mass is 280 g/mol. The molecule has 17 heavy (non-hydrogen) atoms. The van der Waals surface area contributed by atoms with Gasteiger partial charge in [0.15, 0.2) is 0 Å². The van der Waals surface area contributed by atoms with E-state index in [0.717, 1.165) is 19.4 Å². The smallest absolute Gasteiger partial charge is 0.213 e. The van der Waals surface area contributed by atoms with Crippen LogP contribution in [0.25, 0.3) is 0 Å². The highest BCUT2D eigenvalue weighted by Crippen LogP contribution is 2.14. The van der Waals surface area contributed by atoms with E-state index in [1.165, 1.54) is 12.2 Å². The molecule has 1 saturated heterocycles. The third-order valence-electron chi connectivity index (χ3n) is 3.17. The molecule has 0 bridgehead atoms. The molecule has 0 aromatic rings. The van der Waals surface area contributed by atoms with Gasteiger partial charge in [-0.15, -0.1) is 0 Å². The molecule has 0 aromatic carbocycles. The Balaban J connectivity index is 2.22. The topological polar surface area (TPSA) is 49.4 Å². The van der Waals surface area contributed by atoms with E-state index < -0.39 is 10.0 Å². The molecule has 0 amide bonds. The minimum Gasteiger partial charge on any atom is -0.314 e. The van der Waals surface area contributed by atoms with E-state index in [1.807, 2.05) is 11.8 Å². The van der Waals surface area contributed by atoms with E-state index in [4.69, 9.17) is 0 Å². The molecule has 1 heterocycles. The molecule has 0 unspecified atom stereocenters. The number of nitrogens with zero attached hydrogens (tertiary/aromatic N) is 1. The molecule has 1 N–H and O–H groups in total. The van der Waals surface area contributed by atoms with Crippen molar-refractivity contribution in [3.05, 3.63) is 0 Å². The Morgan fingerprint density at radius 1 is 1.35 bits per heavy atom. The summed E-state index contributed by atoms with van der Waals surface area (Å²) in [6, 6.07) is 0.500. The third kappa shape index (κ3) is 5.16. The standard InChI is InChI=1S/C11H24N2O2S2/c1-3-17(14,15)13-8-5-11(6-9-13)12-7-4-10-16-2/h11-12H,3-10H2,1-2H3. The summed E-state index contributed by atoms with van der Waals surface area (Å²) in [5, 5.41) is 3.51. The van der Waals surface area contributed by atoms with Gasteiger partial charge >= 0.3 is 0 Å². The quantitative estimate of drug-likeness (QED) is 0.711. The first-order valence-electron chi connectivity index (χ1n) is 6.30. The van der Waals surface area contributed by atoms with E-state index in [1.54, 1.807) is 11.2 Å². The van der Waals surface area contributed by atoms with Gasteiger partial charge in [0.25, 0.3) is 0 Å². The highest BCUT2D eigenvalue weighted by Gasteiger charge is 2.25. The Morgan fingerprint density at radius 3 is 2.53 bits per heavy atom. The molecule has 102 valence electrons. The van der Waals surface area contributed by atoms with Crippen LogP contribution in [0.5, 0.6) is 0 Å². The number of sulfonamides is 1. The molecule has 6 heteroatoms. The maximum atomic E-state index is 11.7. The summed E-state index contributed by atoms with van der Waals surface area (Å²) >= 11 is 1.87. The lowest BCUT2D eigenvalue weighted by molar-refractivity contribution is 0.290. The van der Waals surface area contributed by atoms with Crippen LogP contribution in [0, 0.1) is 0 Å². The Kier molecular flexibility index (Phi) is 6.84. The molecule has 1 aliphatic rings. The van der Waals surface area contributed by atoms with Crippen molar-refractivity contribution in [3.63, 3.8) is 0 Å². The number of rotatable bonds is 7. The highest BCUT2D eigenvalue weighted by atomic mass is 32.2. The summed E-state index contributed by atoms with van der Waals surface area (Å²) in [6.45, 7) is 4.11. The van der Waals surface area contributed by atoms with E-state index >= 15 is 0 Å². The van der Waals surface area contributed by atoms with Crippen molar-refractivity contribution in [1.82, 2.24) is 9.62 Å². The van der Waals surface area contributed by atoms with E-state index in [-0.39, 0.29) is 5.75 Å². The Bertz CT molecular complexity index is 299. The van der Waals surface area contributed by atoms with Gasteiger partial charge in [-0.1, -0.05) is 0 Å². The van der Waals surface area contributed by atoms with Gasteiger partial charge in [0, 0.05) is 19.1 Å². The molecule has 1 aliphatic heterocycles. The summed E-state index contributed by atoms with van der Waals surface area (Å²) in [6.07, 6.45) is 5.19. The predicted octanol–water partition coefficient (Wildman–Crippen LogP) is 1.14. The molecule has 0 saturated carbocycles. The molecule has 1 fully saturated rings. The third-order valence-corrected chi connectivity index (χ3v) is 5.75. The lowest BCUT2D eigenvalue weighted by Crippen LogP contribution is -2.45. The lowest BCUT2D eigenvalue weighted by atomic mass is 10.1. The molecule has 0 radical (unpaired) electrons. The second-order valence-electron chi connectivity index (χ2n) is 4.37. The predicted molar refractivity (Wildman–Crippen MR) is 75.1 cm³/mol. The highest BCUT2D eigenvalue weighted by molar-refractivity contribution is 7.98. The molecule has 4 nitrogen and oxygen atoms in total. The molecule has 0 spiro atoms. The van der Waals surface area contributed by atoms with Crippen molar-refractivity contribution in [3.8, 4) is 0 Å². The molecule has 0 aromatic heterocycles. The summed E-state index contributed by atoms with van der Waals surface area (Å²) in [7, 11) is -2.97. The van der Waals surface area contributed by atoms with Gasteiger partial charge < -0.3 is 5.32 Å². The van der Waals surface area contributed by atoms with Gasteiger partial charge in [0.1, 0.15) is 0 Å². The van der Waals surface area contributed by atoms with E-state index in [0.29, 0.717) is 19.1 Å². The number of hydrogen-bond acceptors (Lipinski definition) is 4. The number of nitrogens with one attached hydrogen (secondary N) is 1. The average molecular weight is 280 g/mol. The van der Waals surface area contributed by atoms with Crippen molar-refractivity contribution >= 4 is 21.8 Å². The lowest BCUT2D eigenvalue weighted by Gasteiger charge is -2.31. The van der Waals surface area contributed by atoms with Gasteiger partial charge in [-0.3, -0.25) is 0 Å². The van der Waals surface area contributed by atoms with Crippen LogP contribution in [-0.2, 0) is 10.0 Å². The van der Waals surface area contributed by atoms with Crippen LogP contribution in [0.3, 0.4) is 0 Å². The first-order chi connectivity index (χ1) is 8.10. The first kappa shape index (κ1) is 15.3. The molecular formula is C11H24N2O2S2. The van der Waals surface area contributed by atoms with Crippen molar-refractivity contribution in [2.75, 3.05) is 37.4 Å². The number of piperidine rings is 1. The van der Waals surface area contributed by atoms with Gasteiger partial charge in [-0.25, -0.2) is 12.7 Å². The summed E-state index contributed by atoms with van der Waals surface area (Å²) < 4.78 is 25.0. The summed E-state index contributed by atoms with van der Waals surface area (Å²) in [5.41, 5.74) is 0. The van der Waals surface area contributed by atoms with Crippen LogP contribution in [-0.4, -0.2) is 56.2 Å². The van der Waals surface area contributed by atoms with Gasteiger partial charge in [0.2, 0.25) is 10.0 Å². The SMILES string of the molecule is CCS(=O)(=O)N1CCC(NCCCSC)CC1. The summed E-state index contributed by atoms with van der Waals surface area (Å²) in [4.78, 5) is 0. The second kappa shape index (κ2) is 7.61. The van der Waals surface area contributed by atoms with Crippen molar-refractivity contribution in [1.29, 1.82) is 0 Å². The maximum absolute atomic E-state index is 11.7. The zero-order valence-electron chi connectivity index (χ0n) is 10.8. The van der Waals surface area contributed by atoms with Crippen LogP contribution in [0.1, 0.15) is 26.2 Å². The fourth-order valence-corrected chi connectivity index (χ4v) is 3.61. The zero-order valence-corrected chi connectivity index (χ0v) is 12.4. The fourth-order valence-electron chi connectivity index (χ4n) is 2.04. The van der Waals surface area contributed by atoms with Gasteiger partial charge in [-0.05, 0) is 44.7 Å². The number of hydrogen-bond donors (Lipinski definition) is 1. The number of thioether (sulfide) groups is 1. The normalized spacial score (nSPS) is 19.6. The van der Waals surface area contributed by atoms with Gasteiger partial charge in [-0.2, -0.15) is 11.8 Å². The first-order valence-corrected chi connectivity index (χ1v) is 9.30. The maximum Gasteiger partial charge on any atom is 0.213 e. The summed E-state index contributed by atoms with van der Waals surface area (Å²) in [5.74, 6) is 1.41. The van der Waals surface area contributed by atoms with Crippen LogP contribution >= 0.6 is 11.8 Å². The van der Waals surface area contributed by atoms with Crippen molar-refractivity contribution in [2.45, 2.75) is 32.2 Å². The molecular weight excluding hydrogens is 256 g/mol.